The first-order valence-electron chi connectivity index (χ1n) is 24.0. The second-order valence-corrected chi connectivity index (χ2v) is 20.0. The van der Waals surface area contributed by atoms with Gasteiger partial charge in [-0.25, -0.2) is 4.79 Å². The monoisotopic (exact) mass is 885 g/mol. The molecule has 0 aromatic heterocycles. The number of ether oxygens (including phenoxy) is 2. The third kappa shape index (κ3) is 8.64. The Balaban J connectivity index is 1.29. The number of carbonyl (C=O) groups is 3. The van der Waals surface area contributed by atoms with E-state index in [4.69, 9.17) is 9.47 Å². The summed E-state index contributed by atoms with van der Waals surface area (Å²) in [7, 11) is 0. The SMILES string of the molecule is CC[C@H]1CC[C@@H]2[C@H]3CCC(=O)[C@@H]2Cc2cccc(c2)C2(CCCCC2)[C@H](O)C=C2C[C@@H](c4cc(CO)cc(NC[C@H](C)O)c4)C#C[C@H]4CC(=O)Oc5cc(O)c(cc54)C[C@@H](OC2=O)[C@]13O. The summed E-state index contributed by atoms with van der Waals surface area (Å²) < 4.78 is 12.5. The Morgan fingerprint density at radius 3 is 2.49 bits per heavy atom. The average Bonchev–Trinajstić information content (AvgIpc) is 3.30. The molecule has 0 saturated heterocycles. The van der Waals surface area contributed by atoms with Gasteiger partial charge < -0.3 is 40.3 Å². The first kappa shape index (κ1) is 45.2. The Morgan fingerprint density at radius 2 is 1.72 bits per heavy atom. The Kier molecular flexibility index (Phi) is 12.8. The van der Waals surface area contributed by atoms with Crippen LogP contribution in [0.2, 0.25) is 0 Å². The Hall–Kier alpha value is -4.99. The summed E-state index contributed by atoms with van der Waals surface area (Å²) in [5.41, 5.74) is 2.66. The number of hydrogen-bond donors (Lipinski definition) is 6. The Morgan fingerprint density at radius 1 is 0.923 bits per heavy atom. The van der Waals surface area contributed by atoms with Gasteiger partial charge in [0.1, 0.15) is 29.0 Å². The van der Waals surface area contributed by atoms with Crippen molar-refractivity contribution in [2.75, 3.05) is 11.9 Å². The van der Waals surface area contributed by atoms with Gasteiger partial charge in [-0.15, -0.1) is 0 Å². The number of benzene rings is 3. The molecular weight excluding hydrogens is 823 g/mol. The van der Waals surface area contributed by atoms with Crippen molar-refractivity contribution in [2.24, 2.45) is 23.7 Å². The maximum atomic E-state index is 15.5. The summed E-state index contributed by atoms with van der Waals surface area (Å²) in [5, 5.41) is 62.1. The third-order valence-electron chi connectivity index (χ3n) is 16.0. The molecule has 3 saturated carbocycles. The summed E-state index contributed by atoms with van der Waals surface area (Å²) in [6.07, 6.45) is 5.84. The lowest BCUT2D eigenvalue weighted by molar-refractivity contribution is -0.212. The molecule has 10 atom stereocenters. The lowest BCUT2D eigenvalue weighted by Crippen LogP contribution is -2.63. The number of hydrogen-bond acceptors (Lipinski definition) is 11. The van der Waals surface area contributed by atoms with E-state index >= 15 is 4.79 Å². The number of nitrogens with one attached hydrogen (secondary N) is 1. The number of Topliss-reactive ketones (excluding diaryl/α,β-unsaturated/α-hetero) is 1. The molecule has 6 aliphatic rings. The molecule has 3 aliphatic heterocycles. The van der Waals surface area contributed by atoms with Crippen LogP contribution in [0.4, 0.5) is 5.69 Å². The van der Waals surface area contributed by atoms with Gasteiger partial charge in [-0.3, -0.25) is 9.59 Å². The molecule has 0 unspecified atom stereocenters. The average molecular weight is 886 g/mol. The van der Waals surface area contributed by atoms with Crippen LogP contribution in [0.25, 0.3) is 0 Å². The van der Waals surface area contributed by atoms with E-state index in [-0.39, 0.29) is 79.4 Å². The quantitative estimate of drug-likeness (QED) is 0.0835. The van der Waals surface area contributed by atoms with Crippen LogP contribution in [0.3, 0.4) is 0 Å². The topological polar surface area (TPSA) is 183 Å². The van der Waals surface area contributed by atoms with E-state index in [1.54, 1.807) is 25.1 Å². The highest BCUT2D eigenvalue weighted by atomic mass is 16.6. The molecule has 11 heteroatoms. The molecule has 3 heterocycles. The van der Waals surface area contributed by atoms with E-state index in [0.717, 1.165) is 36.8 Å². The fourth-order valence-electron chi connectivity index (χ4n) is 12.7. The predicted octanol–water partition coefficient (Wildman–Crippen LogP) is 7.22. The van der Waals surface area contributed by atoms with E-state index in [9.17, 15) is 35.1 Å². The van der Waals surface area contributed by atoms with Gasteiger partial charge in [-0.05, 0) is 122 Å². The normalized spacial score (nSPS) is 31.2. The molecule has 10 bridgehead atoms. The molecule has 3 aliphatic carbocycles. The molecule has 344 valence electrons. The third-order valence-corrected chi connectivity index (χ3v) is 16.0. The van der Waals surface area contributed by atoms with Crippen molar-refractivity contribution in [2.45, 2.75) is 152 Å². The van der Waals surface area contributed by atoms with E-state index < -0.39 is 59.0 Å². The first-order valence-corrected chi connectivity index (χ1v) is 24.0. The zero-order chi connectivity index (χ0) is 45.6. The molecule has 9 rings (SSSR count). The molecule has 3 fully saturated rings. The van der Waals surface area contributed by atoms with Crippen molar-refractivity contribution in [1.82, 2.24) is 0 Å². The number of rotatable bonds is 6. The lowest BCUT2D eigenvalue weighted by atomic mass is 9.53. The number of phenols is 1. The summed E-state index contributed by atoms with van der Waals surface area (Å²) in [6.45, 7) is 3.66. The van der Waals surface area contributed by atoms with Crippen LogP contribution in [0.1, 0.15) is 136 Å². The summed E-state index contributed by atoms with van der Waals surface area (Å²) in [5.74, 6) is 3.15. The van der Waals surface area contributed by atoms with E-state index in [0.29, 0.717) is 66.5 Å². The molecular formula is C54H63NO10. The van der Waals surface area contributed by atoms with Gasteiger partial charge in [0, 0.05) is 59.5 Å². The number of esters is 2. The van der Waals surface area contributed by atoms with Crippen LogP contribution in [0, 0.1) is 35.5 Å². The number of anilines is 1. The summed E-state index contributed by atoms with van der Waals surface area (Å²) in [6, 6.07) is 17.0. The molecule has 3 aromatic carbocycles. The Bertz CT molecular complexity index is 2420. The first-order chi connectivity index (χ1) is 31.3. The highest BCUT2D eigenvalue weighted by Crippen LogP contribution is 2.55. The highest BCUT2D eigenvalue weighted by Gasteiger charge is 2.59. The maximum absolute atomic E-state index is 15.5. The van der Waals surface area contributed by atoms with Crippen LogP contribution >= 0.6 is 0 Å². The molecule has 0 radical (unpaired) electrons. The number of fused-ring (bicyclic) bond motifs is 8. The van der Waals surface area contributed by atoms with Crippen molar-refractivity contribution in [3.63, 3.8) is 0 Å². The lowest BCUT2D eigenvalue weighted by Gasteiger charge is -2.56. The van der Waals surface area contributed by atoms with Crippen molar-refractivity contribution < 1.29 is 49.4 Å². The number of phenolic OH excluding ortho intramolecular Hbond substituents is 1. The fraction of sp³-hybridized carbons (Fsp3) is 0.537. The number of aliphatic hydroxyl groups is 4. The van der Waals surface area contributed by atoms with E-state index in [2.05, 4.69) is 35.4 Å². The molecule has 6 N–H and O–H groups in total. The zero-order valence-electron chi connectivity index (χ0n) is 37.6. The van der Waals surface area contributed by atoms with Gasteiger partial charge in [-0.2, -0.15) is 0 Å². The van der Waals surface area contributed by atoms with Crippen LogP contribution in [0.15, 0.2) is 66.2 Å². The summed E-state index contributed by atoms with van der Waals surface area (Å²) >= 11 is 0. The van der Waals surface area contributed by atoms with Gasteiger partial charge in [0.2, 0.25) is 0 Å². The fourth-order valence-corrected chi connectivity index (χ4v) is 12.7. The van der Waals surface area contributed by atoms with Gasteiger partial charge in [0.25, 0.3) is 0 Å². The van der Waals surface area contributed by atoms with Crippen molar-refractivity contribution >= 4 is 23.4 Å². The molecule has 1 spiro atoms. The van der Waals surface area contributed by atoms with Gasteiger partial charge in [0.05, 0.1) is 31.2 Å². The second kappa shape index (κ2) is 18.4. The predicted molar refractivity (Wildman–Crippen MR) is 244 cm³/mol. The van der Waals surface area contributed by atoms with Crippen LogP contribution < -0.4 is 10.1 Å². The molecule has 65 heavy (non-hydrogen) atoms. The summed E-state index contributed by atoms with van der Waals surface area (Å²) in [4.78, 5) is 42.8. The number of carbonyl (C=O) groups excluding carboxylic acids is 3. The molecule has 3 aromatic rings. The van der Waals surface area contributed by atoms with Crippen molar-refractivity contribution in [3.8, 4) is 23.3 Å². The minimum Gasteiger partial charge on any atom is -0.508 e. The maximum Gasteiger partial charge on any atom is 0.334 e. The van der Waals surface area contributed by atoms with Crippen LogP contribution in [-0.2, 0) is 44.0 Å². The largest absolute Gasteiger partial charge is 0.508 e. The second-order valence-electron chi connectivity index (χ2n) is 20.0. The van der Waals surface area contributed by atoms with Crippen LogP contribution in [0.5, 0.6) is 11.5 Å². The van der Waals surface area contributed by atoms with Crippen molar-refractivity contribution in [3.05, 3.63) is 99.6 Å². The minimum atomic E-state index is -1.60. The Labute approximate surface area is 381 Å². The highest BCUT2D eigenvalue weighted by molar-refractivity contribution is 5.89. The zero-order valence-corrected chi connectivity index (χ0v) is 37.6. The number of ketones is 1. The van der Waals surface area contributed by atoms with E-state index in [1.165, 1.54) is 6.07 Å². The van der Waals surface area contributed by atoms with E-state index in [1.807, 2.05) is 25.1 Å². The molecule has 0 amide bonds. The number of aromatic hydroxyl groups is 1. The smallest absolute Gasteiger partial charge is 0.334 e. The minimum absolute atomic E-state index is 0.0262. The van der Waals surface area contributed by atoms with Gasteiger partial charge in [-0.1, -0.05) is 74.8 Å². The van der Waals surface area contributed by atoms with Gasteiger partial charge >= 0.3 is 11.9 Å². The van der Waals surface area contributed by atoms with Crippen molar-refractivity contribution in [1.29, 1.82) is 0 Å². The van der Waals surface area contributed by atoms with Crippen LogP contribution in [-0.4, -0.2) is 73.7 Å². The van der Waals surface area contributed by atoms with Gasteiger partial charge in [0.15, 0.2) is 0 Å². The standard InChI is InChI=1S/C54H63NO10/c1-3-39-12-13-42-44-21-32-8-7-9-40(19-32)53(16-5-4-6-17-53)49(60)25-38-22-34(36-18-33(30-56)20-41(23-36)55-29-31(2)57)10-11-35-27-51(61)64-48-28-47(59)37(24-43(35)48)26-50(65-52(38)62)54(39,63)45(42)14-15-46(44)58/h7-9,18-20,23-25,28,31,34-35,39,42,44-45,49-50,55-57,59-60,63H,3-6,12-17,21-22,26-27,29-30H2,1-2H3/t31-,34-,35-,39-,42-,44+,45+,49+,50+,54-/m0/s1. The number of aliphatic hydroxyl groups excluding tert-OH is 3. The molecule has 11 nitrogen and oxygen atoms in total.